The summed E-state index contributed by atoms with van der Waals surface area (Å²) < 4.78 is 7.07. The van der Waals surface area contributed by atoms with E-state index in [0.29, 0.717) is 16.2 Å². The second kappa shape index (κ2) is 8.03. The number of aliphatic hydroxyl groups excluding tert-OH is 3. The molecule has 3 rings (SSSR count). The molecule has 2 aromatic rings. The predicted molar refractivity (Wildman–Crippen MR) is 96.6 cm³/mol. The van der Waals surface area contributed by atoms with E-state index in [2.05, 4.69) is 19.9 Å². The molecule has 144 valence electrons. The maximum atomic E-state index is 10.2. The lowest BCUT2D eigenvalue weighted by Gasteiger charge is -2.16. The zero-order chi connectivity index (χ0) is 18.8. The molecule has 0 aromatic carbocycles. The molecule has 1 saturated heterocycles. The molecule has 4 atom stereocenters. The number of imidazole rings is 1. The van der Waals surface area contributed by atoms with Crippen LogP contribution < -0.4 is 5.73 Å². The summed E-state index contributed by atoms with van der Waals surface area (Å²) >= 11 is 1.54. The second-order valence-electron chi connectivity index (χ2n) is 6.45. The van der Waals surface area contributed by atoms with Gasteiger partial charge in [-0.1, -0.05) is 0 Å². The third-order valence-electron chi connectivity index (χ3n) is 4.19. The third-order valence-corrected chi connectivity index (χ3v) is 5.24. The molecule has 0 radical (unpaired) electrons. The molecule has 1 fully saturated rings. The van der Waals surface area contributed by atoms with Crippen molar-refractivity contribution in [3.8, 4) is 0 Å². The van der Waals surface area contributed by atoms with Crippen molar-refractivity contribution in [3.63, 3.8) is 0 Å². The highest BCUT2D eigenvalue weighted by atomic mass is 32.2. The van der Waals surface area contributed by atoms with Crippen LogP contribution in [0, 0.1) is 0 Å². The minimum atomic E-state index is -1.21. The number of anilines is 1. The summed E-state index contributed by atoms with van der Waals surface area (Å²) in [6, 6.07) is 0. The summed E-state index contributed by atoms with van der Waals surface area (Å²) in [5.74, 6) is 0.950. The first kappa shape index (κ1) is 19.3. The minimum absolute atomic E-state index is 0.0982. The van der Waals surface area contributed by atoms with Crippen LogP contribution >= 0.6 is 11.8 Å². The number of nitrogen functional groups attached to an aromatic ring is 1. The van der Waals surface area contributed by atoms with Crippen LogP contribution in [0.4, 0.5) is 5.95 Å². The lowest BCUT2D eigenvalue weighted by Crippen LogP contribution is -2.33. The topological polar surface area (TPSA) is 143 Å². The molecule has 0 bridgehead atoms. The van der Waals surface area contributed by atoms with Crippen LogP contribution in [-0.2, 0) is 4.74 Å². The van der Waals surface area contributed by atoms with Gasteiger partial charge in [-0.2, -0.15) is 4.98 Å². The normalized spacial score (nSPS) is 26.2. The van der Waals surface area contributed by atoms with Gasteiger partial charge in [0.25, 0.3) is 0 Å². The number of rotatable bonds is 7. The van der Waals surface area contributed by atoms with Crippen molar-refractivity contribution in [1.82, 2.24) is 24.4 Å². The molecule has 26 heavy (non-hydrogen) atoms. The van der Waals surface area contributed by atoms with E-state index >= 15 is 0 Å². The lowest BCUT2D eigenvalue weighted by molar-refractivity contribution is -0.0511. The van der Waals surface area contributed by atoms with E-state index in [9.17, 15) is 15.3 Å². The summed E-state index contributed by atoms with van der Waals surface area (Å²) in [5, 5.41) is 30.1. The van der Waals surface area contributed by atoms with Crippen LogP contribution in [0.3, 0.4) is 0 Å². The average Bonchev–Trinajstić information content (AvgIpc) is 3.13. The van der Waals surface area contributed by atoms with Gasteiger partial charge in [-0.05, 0) is 27.1 Å². The summed E-state index contributed by atoms with van der Waals surface area (Å²) in [6.07, 6.45) is -1.72. The number of ether oxygens (including phenoxy) is 1. The minimum Gasteiger partial charge on any atom is -0.394 e. The first-order valence-electron chi connectivity index (χ1n) is 8.32. The van der Waals surface area contributed by atoms with Crippen molar-refractivity contribution >= 4 is 28.9 Å². The summed E-state index contributed by atoms with van der Waals surface area (Å²) in [7, 11) is 4.04. The van der Waals surface area contributed by atoms with E-state index in [-0.39, 0.29) is 5.95 Å². The highest BCUT2D eigenvalue weighted by Gasteiger charge is 2.44. The quantitative estimate of drug-likeness (QED) is 0.268. The molecule has 0 saturated carbocycles. The van der Waals surface area contributed by atoms with E-state index in [1.807, 2.05) is 14.1 Å². The standard InChI is InChI=1S/C15H24N6O4S/c1-20(2)4-3-5-26-13-9-12(18-15(16)19-13)21(7-17-9)14-11(24)10(23)8(6-22)25-14/h7-8,10-11,14,22-24H,3-6H2,1-2H3,(H2,16,18,19)/t8-,10-,11-,14-/m1/s1. The van der Waals surface area contributed by atoms with Crippen LogP contribution in [0.5, 0.6) is 0 Å². The van der Waals surface area contributed by atoms with Gasteiger partial charge in [0.1, 0.15) is 28.9 Å². The molecular weight excluding hydrogens is 360 g/mol. The molecule has 0 spiro atoms. The maximum absolute atomic E-state index is 10.2. The second-order valence-corrected chi connectivity index (χ2v) is 7.53. The fourth-order valence-corrected chi connectivity index (χ4v) is 3.76. The Bertz CT molecular complexity index is 757. The fraction of sp³-hybridized carbons (Fsp3) is 0.667. The average molecular weight is 384 g/mol. The zero-order valence-corrected chi connectivity index (χ0v) is 15.5. The number of fused-ring (bicyclic) bond motifs is 1. The van der Waals surface area contributed by atoms with Crippen molar-refractivity contribution in [2.75, 3.05) is 38.7 Å². The molecule has 1 aliphatic heterocycles. The fourth-order valence-electron chi connectivity index (χ4n) is 2.85. The van der Waals surface area contributed by atoms with Crippen LogP contribution in [-0.4, -0.2) is 91.1 Å². The maximum Gasteiger partial charge on any atom is 0.223 e. The van der Waals surface area contributed by atoms with E-state index in [4.69, 9.17) is 10.5 Å². The molecule has 11 heteroatoms. The van der Waals surface area contributed by atoms with E-state index in [0.717, 1.165) is 18.7 Å². The van der Waals surface area contributed by atoms with E-state index < -0.39 is 31.1 Å². The van der Waals surface area contributed by atoms with Gasteiger partial charge in [0.2, 0.25) is 5.95 Å². The molecule has 3 heterocycles. The Morgan fingerprint density at radius 1 is 1.31 bits per heavy atom. The molecular formula is C15H24N6O4S. The zero-order valence-electron chi connectivity index (χ0n) is 14.7. The molecule has 1 aliphatic rings. The molecule has 0 amide bonds. The van der Waals surface area contributed by atoms with Crippen molar-refractivity contribution < 1.29 is 20.1 Å². The number of nitrogens with two attached hydrogens (primary N) is 1. The van der Waals surface area contributed by atoms with Gasteiger partial charge < -0.3 is 30.7 Å². The van der Waals surface area contributed by atoms with Crippen molar-refractivity contribution in [2.24, 2.45) is 0 Å². The van der Waals surface area contributed by atoms with Crippen molar-refractivity contribution in [1.29, 1.82) is 0 Å². The Morgan fingerprint density at radius 3 is 2.73 bits per heavy atom. The van der Waals surface area contributed by atoms with E-state index in [1.54, 1.807) is 11.8 Å². The Hall–Kier alpha value is -1.50. The monoisotopic (exact) mass is 384 g/mol. The molecule has 0 aliphatic carbocycles. The first-order chi connectivity index (χ1) is 12.4. The van der Waals surface area contributed by atoms with Crippen LogP contribution in [0.25, 0.3) is 11.2 Å². The molecule has 2 aromatic heterocycles. The SMILES string of the molecule is CN(C)CCCSc1nc(N)nc2c1ncn2[C@@H]1O[C@H](CO)[C@@H](O)[C@H]1O. The highest BCUT2D eigenvalue weighted by Crippen LogP contribution is 2.33. The number of thioether (sulfide) groups is 1. The van der Waals surface area contributed by atoms with Crippen molar-refractivity contribution in [3.05, 3.63) is 6.33 Å². The summed E-state index contributed by atoms with van der Waals surface area (Å²) in [6.45, 7) is 0.569. The molecule has 5 N–H and O–H groups in total. The number of hydrogen-bond acceptors (Lipinski definition) is 10. The highest BCUT2D eigenvalue weighted by molar-refractivity contribution is 7.99. The van der Waals surface area contributed by atoms with Crippen LogP contribution in [0.15, 0.2) is 11.4 Å². The van der Waals surface area contributed by atoms with Crippen LogP contribution in [0.1, 0.15) is 12.6 Å². The van der Waals surface area contributed by atoms with Gasteiger partial charge in [0, 0.05) is 5.75 Å². The van der Waals surface area contributed by atoms with Gasteiger partial charge in [-0.3, -0.25) is 4.57 Å². The van der Waals surface area contributed by atoms with E-state index in [1.165, 1.54) is 10.9 Å². The largest absolute Gasteiger partial charge is 0.394 e. The Morgan fingerprint density at radius 2 is 2.08 bits per heavy atom. The lowest BCUT2D eigenvalue weighted by atomic mass is 10.1. The Labute approximate surface area is 155 Å². The Kier molecular flexibility index (Phi) is 5.95. The Balaban J connectivity index is 1.85. The van der Waals surface area contributed by atoms with Gasteiger partial charge in [-0.15, -0.1) is 11.8 Å². The van der Waals surface area contributed by atoms with Gasteiger partial charge in [0.05, 0.1) is 12.9 Å². The summed E-state index contributed by atoms with van der Waals surface area (Å²) in [5.41, 5.74) is 6.82. The number of aromatic nitrogens is 4. The predicted octanol–water partition coefficient (Wildman–Crippen LogP) is -0.936. The molecule has 10 nitrogen and oxygen atoms in total. The van der Waals surface area contributed by atoms with Gasteiger partial charge >= 0.3 is 0 Å². The van der Waals surface area contributed by atoms with Gasteiger partial charge in [-0.25, -0.2) is 9.97 Å². The molecule has 0 unspecified atom stereocenters. The van der Waals surface area contributed by atoms with Crippen LogP contribution in [0.2, 0.25) is 0 Å². The smallest absolute Gasteiger partial charge is 0.223 e. The number of nitrogens with zero attached hydrogens (tertiary/aromatic N) is 5. The number of hydrogen-bond donors (Lipinski definition) is 4. The van der Waals surface area contributed by atoms with Crippen molar-refractivity contribution in [2.45, 2.75) is 36.0 Å². The third kappa shape index (κ3) is 3.77. The number of aliphatic hydroxyl groups is 3. The van der Waals surface area contributed by atoms with Gasteiger partial charge in [0.15, 0.2) is 11.9 Å². The first-order valence-corrected chi connectivity index (χ1v) is 9.31. The summed E-state index contributed by atoms with van der Waals surface area (Å²) in [4.78, 5) is 14.9.